The van der Waals surface area contributed by atoms with Gasteiger partial charge in [-0.1, -0.05) is 110 Å². The molecule has 1 N–H and O–H groups in total. The van der Waals surface area contributed by atoms with Gasteiger partial charge in [-0.25, -0.2) is 0 Å². The van der Waals surface area contributed by atoms with Crippen LogP contribution in [0.3, 0.4) is 0 Å². The quantitative estimate of drug-likeness (QED) is 0.239. The van der Waals surface area contributed by atoms with Crippen molar-refractivity contribution in [3.8, 4) is 0 Å². The van der Waals surface area contributed by atoms with Crippen LogP contribution in [0.1, 0.15) is 51.3 Å². The highest BCUT2D eigenvalue weighted by Gasteiger charge is 2.70. The molecule has 4 aromatic carbocycles. The van der Waals surface area contributed by atoms with Gasteiger partial charge in [0.05, 0.1) is 17.0 Å². The van der Waals surface area contributed by atoms with Gasteiger partial charge in [-0.2, -0.15) is 0 Å². The standard InChI is InChI=1S/C37H31ClN2O3/c1-22(2)21-23-15-17-25(18-16-23)34(41)32-33(35(42)26-10-4-6-12-28(26)38)40-30-14-8-3-9-24(30)19-20-31(40)37(32)27-11-5-7-13-29(27)39-36(37)43/h3-20,22,31-33H,21H2,1-2H3,(H,39,43)/t31-,32-,33+,37-/m0/s1. The smallest absolute Gasteiger partial charge is 0.238 e. The first-order valence-corrected chi connectivity index (χ1v) is 15.1. The molecule has 0 saturated carbocycles. The summed E-state index contributed by atoms with van der Waals surface area (Å²) >= 11 is 6.62. The number of hydrogen-bond acceptors (Lipinski definition) is 4. The van der Waals surface area contributed by atoms with Crippen LogP contribution in [0.4, 0.5) is 11.4 Å². The first-order valence-electron chi connectivity index (χ1n) is 14.7. The van der Waals surface area contributed by atoms with Crippen molar-refractivity contribution in [3.63, 3.8) is 0 Å². The van der Waals surface area contributed by atoms with E-state index < -0.39 is 23.4 Å². The number of nitrogens with zero attached hydrogens (tertiary/aromatic N) is 1. The van der Waals surface area contributed by atoms with Crippen LogP contribution < -0.4 is 10.2 Å². The molecule has 0 aliphatic carbocycles. The van der Waals surface area contributed by atoms with Crippen LogP contribution in [-0.2, 0) is 16.6 Å². The zero-order chi connectivity index (χ0) is 29.9. The zero-order valence-corrected chi connectivity index (χ0v) is 24.7. The number of halogens is 1. The normalized spacial score (nSPS) is 23.2. The lowest BCUT2D eigenvalue weighted by molar-refractivity contribution is -0.121. The van der Waals surface area contributed by atoms with Gasteiger partial charge < -0.3 is 10.2 Å². The molecule has 214 valence electrons. The third-order valence-electron chi connectivity index (χ3n) is 9.11. The molecule has 1 spiro atoms. The van der Waals surface area contributed by atoms with Gasteiger partial charge >= 0.3 is 0 Å². The topological polar surface area (TPSA) is 66.5 Å². The van der Waals surface area contributed by atoms with Gasteiger partial charge in [-0.3, -0.25) is 14.4 Å². The molecule has 0 unspecified atom stereocenters. The summed E-state index contributed by atoms with van der Waals surface area (Å²) in [6.07, 6.45) is 4.87. The summed E-state index contributed by atoms with van der Waals surface area (Å²) in [4.78, 5) is 46.2. The second kappa shape index (κ2) is 10.4. The Labute approximate surface area is 256 Å². The van der Waals surface area contributed by atoms with Gasteiger partial charge in [0.15, 0.2) is 11.6 Å². The van der Waals surface area contributed by atoms with Gasteiger partial charge in [-0.05, 0) is 53.3 Å². The molecule has 7 rings (SSSR count). The van der Waals surface area contributed by atoms with Crippen molar-refractivity contribution >= 4 is 46.5 Å². The lowest BCUT2D eigenvalue weighted by atomic mass is 9.64. The van der Waals surface area contributed by atoms with Crippen LogP contribution in [0.5, 0.6) is 0 Å². The summed E-state index contributed by atoms with van der Waals surface area (Å²) in [6, 6.07) is 28.3. The van der Waals surface area contributed by atoms with Crippen LogP contribution >= 0.6 is 11.6 Å². The summed E-state index contributed by atoms with van der Waals surface area (Å²) in [7, 11) is 0. The van der Waals surface area contributed by atoms with Gasteiger partial charge in [0.1, 0.15) is 11.5 Å². The molecular weight excluding hydrogens is 556 g/mol. The number of rotatable bonds is 6. The summed E-state index contributed by atoms with van der Waals surface area (Å²) in [5.74, 6) is -1.37. The number of carbonyl (C=O) groups is 3. The molecule has 3 aliphatic heterocycles. The maximum Gasteiger partial charge on any atom is 0.238 e. The van der Waals surface area contributed by atoms with Crippen molar-refractivity contribution < 1.29 is 14.4 Å². The fourth-order valence-corrected chi connectivity index (χ4v) is 7.63. The second-order valence-electron chi connectivity index (χ2n) is 12.1. The highest BCUT2D eigenvalue weighted by atomic mass is 35.5. The molecule has 0 radical (unpaired) electrons. The number of Topliss-reactive ketones (excluding diaryl/α,β-unsaturated/α-hetero) is 2. The molecule has 1 fully saturated rings. The van der Waals surface area contributed by atoms with E-state index in [9.17, 15) is 14.4 Å². The van der Waals surface area contributed by atoms with E-state index in [0.29, 0.717) is 27.8 Å². The fraction of sp³-hybridized carbons (Fsp3) is 0.216. The van der Waals surface area contributed by atoms with Crippen LogP contribution in [-0.4, -0.2) is 29.6 Å². The van der Waals surface area contributed by atoms with Gasteiger partial charge in [-0.15, -0.1) is 0 Å². The molecule has 3 heterocycles. The summed E-state index contributed by atoms with van der Waals surface area (Å²) in [5.41, 5.74) is 3.70. The molecule has 5 nitrogen and oxygen atoms in total. The van der Waals surface area contributed by atoms with E-state index in [1.165, 1.54) is 0 Å². The van der Waals surface area contributed by atoms with Crippen LogP contribution in [0, 0.1) is 11.8 Å². The number of amides is 1. The van der Waals surface area contributed by atoms with Crippen molar-refractivity contribution in [1.82, 2.24) is 0 Å². The Morgan fingerprint density at radius 1 is 0.884 bits per heavy atom. The number of para-hydroxylation sites is 2. The lowest BCUT2D eigenvalue weighted by Gasteiger charge is -2.37. The number of fused-ring (bicyclic) bond motifs is 6. The predicted octanol–water partition coefficient (Wildman–Crippen LogP) is 7.39. The molecule has 4 atom stereocenters. The van der Waals surface area contributed by atoms with Crippen LogP contribution in [0.2, 0.25) is 5.02 Å². The van der Waals surface area contributed by atoms with Crippen molar-refractivity contribution in [3.05, 3.63) is 136 Å². The first kappa shape index (κ1) is 27.4. The van der Waals surface area contributed by atoms with E-state index in [4.69, 9.17) is 11.6 Å². The average molecular weight is 587 g/mol. The Morgan fingerprint density at radius 3 is 2.35 bits per heavy atom. The Morgan fingerprint density at radius 2 is 1.58 bits per heavy atom. The molecule has 0 bridgehead atoms. The van der Waals surface area contributed by atoms with Gasteiger partial charge in [0.2, 0.25) is 5.91 Å². The summed E-state index contributed by atoms with van der Waals surface area (Å²) in [5, 5.41) is 3.39. The third kappa shape index (κ3) is 4.09. The molecule has 1 saturated heterocycles. The summed E-state index contributed by atoms with van der Waals surface area (Å²) in [6.45, 7) is 4.31. The van der Waals surface area contributed by atoms with Crippen molar-refractivity contribution in [2.45, 2.75) is 37.8 Å². The molecule has 3 aliphatic rings. The molecule has 43 heavy (non-hydrogen) atoms. The highest BCUT2D eigenvalue weighted by Crippen LogP contribution is 2.58. The maximum absolute atomic E-state index is 15.0. The maximum atomic E-state index is 15.0. The van der Waals surface area contributed by atoms with Crippen LogP contribution in [0.15, 0.2) is 103 Å². The second-order valence-corrected chi connectivity index (χ2v) is 12.5. The van der Waals surface area contributed by atoms with E-state index in [1.54, 1.807) is 24.3 Å². The Kier molecular flexibility index (Phi) is 6.59. The Bertz CT molecular complexity index is 1810. The minimum atomic E-state index is -1.35. The number of nitrogens with one attached hydrogen (secondary N) is 1. The van der Waals surface area contributed by atoms with E-state index in [0.717, 1.165) is 28.8 Å². The fourth-order valence-electron chi connectivity index (χ4n) is 7.40. The number of anilines is 2. The highest BCUT2D eigenvalue weighted by molar-refractivity contribution is 6.34. The first-order chi connectivity index (χ1) is 20.8. The predicted molar refractivity (Wildman–Crippen MR) is 171 cm³/mol. The largest absolute Gasteiger partial charge is 0.352 e. The molecule has 4 aromatic rings. The van der Waals surface area contributed by atoms with Gasteiger partial charge in [0, 0.05) is 22.5 Å². The van der Waals surface area contributed by atoms with Crippen molar-refractivity contribution in [2.24, 2.45) is 11.8 Å². The average Bonchev–Trinajstić information content (AvgIpc) is 3.49. The molecular formula is C37H31ClN2O3. The molecule has 0 aromatic heterocycles. The number of ketones is 2. The SMILES string of the molecule is CC(C)Cc1ccc(C(=O)[C@@H]2[C@H](C(=O)c3ccccc3Cl)N3c4ccccc4C=C[C@H]3[C@]23C(=O)Nc2ccccc23)cc1. The minimum absolute atomic E-state index is 0.242. The Hall–Kier alpha value is -4.48. The van der Waals surface area contributed by atoms with Crippen molar-refractivity contribution in [1.29, 1.82) is 0 Å². The van der Waals surface area contributed by atoms with E-state index >= 15 is 0 Å². The third-order valence-corrected chi connectivity index (χ3v) is 9.44. The number of benzene rings is 4. The molecule has 6 heteroatoms. The lowest BCUT2D eigenvalue weighted by Crippen LogP contribution is -2.51. The minimum Gasteiger partial charge on any atom is -0.352 e. The van der Waals surface area contributed by atoms with E-state index in [2.05, 4.69) is 19.2 Å². The summed E-state index contributed by atoms with van der Waals surface area (Å²) < 4.78 is 0. The van der Waals surface area contributed by atoms with Crippen molar-refractivity contribution in [2.75, 3.05) is 10.2 Å². The monoisotopic (exact) mass is 586 g/mol. The number of hydrogen-bond donors (Lipinski definition) is 1. The van der Waals surface area contributed by atoms with Crippen LogP contribution in [0.25, 0.3) is 6.08 Å². The molecule has 1 amide bonds. The van der Waals surface area contributed by atoms with E-state index in [-0.39, 0.29) is 17.5 Å². The van der Waals surface area contributed by atoms with Gasteiger partial charge in [0.25, 0.3) is 0 Å². The zero-order valence-electron chi connectivity index (χ0n) is 24.0. The Balaban J connectivity index is 1.49. The van der Waals surface area contributed by atoms with E-state index in [1.807, 2.05) is 89.8 Å². The number of carbonyl (C=O) groups excluding carboxylic acids is 3.